The van der Waals surface area contributed by atoms with Crippen molar-refractivity contribution >= 4 is 5.78 Å². The summed E-state index contributed by atoms with van der Waals surface area (Å²) < 4.78 is 11.5. The van der Waals surface area contributed by atoms with E-state index in [0.717, 1.165) is 71.2 Å². The summed E-state index contributed by atoms with van der Waals surface area (Å²) in [4.78, 5) is 12.8. The van der Waals surface area contributed by atoms with Crippen LogP contribution in [0.1, 0.15) is 51.4 Å². The highest BCUT2D eigenvalue weighted by Crippen LogP contribution is 2.39. The first kappa shape index (κ1) is 14.5. The molecule has 4 heteroatoms. The maximum Gasteiger partial charge on any atom is 0.139 e. The predicted octanol–water partition coefficient (Wildman–Crippen LogP) is 2.05. The molecule has 0 aromatic carbocycles. The number of nitrogens with two attached hydrogens (primary N) is 1. The summed E-state index contributed by atoms with van der Waals surface area (Å²) in [5.41, 5.74) is 5.87. The zero-order chi connectivity index (χ0) is 14.0. The van der Waals surface area contributed by atoms with Crippen LogP contribution in [0.2, 0.25) is 0 Å². The van der Waals surface area contributed by atoms with Crippen molar-refractivity contribution < 1.29 is 14.3 Å². The van der Waals surface area contributed by atoms with E-state index >= 15 is 0 Å². The van der Waals surface area contributed by atoms with E-state index in [1.54, 1.807) is 0 Å². The Balaban J connectivity index is 1.60. The topological polar surface area (TPSA) is 61.6 Å². The van der Waals surface area contributed by atoms with Crippen LogP contribution in [0.15, 0.2) is 0 Å². The molecule has 0 bridgehead atoms. The molecule has 3 rings (SSSR count). The van der Waals surface area contributed by atoms with E-state index in [4.69, 9.17) is 15.2 Å². The average molecular weight is 281 g/mol. The van der Waals surface area contributed by atoms with Crippen LogP contribution in [0, 0.1) is 11.8 Å². The lowest BCUT2D eigenvalue weighted by atomic mass is 9.73. The van der Waals surface area contributed by atoms with Crippen molar-refractivity contribution in [1.29, 1.82) is 0 Å². The van der Waals surface area contributed by atoms with Gasteiger partial charge in [-0.2, -0.15) is 0 Å². The number of hydrogen-bond acceptors (Lipinski definition) is 4. The fourth-order valence-corrected chi connectivity index (χ4v) is 4.10. The number of hydrogen-bond donors (Lipinski definition) is 1. The lowest BCUT2D eigenvalue weighted by Gasteiger charge is -2.43. The minimum absolute atomic E-state index is 0.0676. The predicted molar refractivity (Wildman–Crippen MR) is 76.4 cm³/mol. The van der Waals surface area contributed by atoms with E-state index in [2.05, 4.69) is 0 Å². The minimum atomic E-state index is -0.0676. The monoisotopic (exact) mass is 281 g/mol. The molecule has 3 aliphatic rings. The third kappa shape index (κ3) is 3.07. The molecule has 2 N–H and O–H groups in total. The summed E-state index contributed by atoms with van der Waals surface area (Å²) in [5.74, 6) is 0.960. The number of rotatable bonds is 2. The molecule has 0 aromatic heterocycles. The fourth-order valence-electron chi connectivity index (χ4n) is 4.10. The van der Waals surface area contributed by atoms with Crippen LogP contribution >= 0.6 is 0 Å². The van der Waals surface area contributed by atoms with Crippen LogP contribution in [-0.4, -0.2) is 37.2 Å². The Bertz CT molecular complexity index is 338. The summed E-state index contributed by atoms with van der Waals surface area (Å²) in [6.45, 7) is 2.29. The van der Waals surface area contributed by atoms with E-state index in [0.29, 0.717) is 11.8 Å². The lowest BCUT2D eigenvalue weighted by Crippen LogP contribution is -2.47. The van der Waals surface area contributed by atoms with Crippen molar-refractivity contribution in [3.63, 3.8) is 0 Å². The largest absolute Gasteiger partial charge is 0.381 e. The second-order valence-corrected chi connectivity index (χ2v) is 6.85. The van der Waals surface area contributed by atoms with Gasteiger partial charge in [0.15, 0.2) is 0 Å². The second kappa shape index (κ2) is 6.12. The molecule has 1 unspecified atom stereocenters. The van der Waals surface area contributed by atoms with E-state index in [1.807, 2.05) is 0 Å². The molecule has 1 saturated carbocycles. The molecular formula is C16H27NO3. The van der Waals surface area contributed by atoms with Gasteiger partial charge in [0, 0.05) is 37.7 Å². The third-order valence-corrected chi connectivity index (χ3v) is 5.47. The van der Waals surface area contributed by atoms with Gasteiger partial charge in [-0.15, -0.1) is 0 Å². The molecule has 114 valence electrons. The van der Waals surface area contributed by atoms with Crippen molar-refractivity contribution in [3.8, 4) is 0 Å². The first-order chi connectivity index (χ1) is 9.69. The van der Waals surface area contributed by atoms with Gasteiger partial charge < -0.3 is 15.2 Å². The van der Waals surface area contributed by atoms with Gasteiger partial charge in [0.05, 0.1) is 5.60 Å². The first-order valence-electron chi connectivity index (χ1n) is 8.20. The molecule has 2 heterocycles. The Hall–Kier alpha value is -0.450. The van der Waals surface area contributed by atoms with Gasteiger partial charge in [0.25, 0.3) is 0 Å². The number of ether oxygens (including phenoxy) is 2. The first-order valence-corrected chi connectivity index (χ1v) is 8.20. The van der Waals surface area contributed by atoms with E-state index in [9.17, 15) is 4.79 Å². The summed E-state index contributed by atoms with van der Waals surface area (Å²) in [7, 11) is 0. The molecule has 4 nitrogen and oxygen atoms in total. The van der Waals surface area contributed by atoms with Gasteiger partial charge in [-0.25, -0.2) is 0 Å². The van der Waals surface area contributed by atoms with Crippen molar-refractivity contribution in [2.75, 3.05) is 19.8 Å². The SMILES string of the molecule is NC1CCC(C(=O)C2CCOC3(CCOCC3)C2)CC1. The molecule has 1 aliphatic carbocycles. The van der Waals surface area contributed by atoms with Crippen LogP contribution in [0.5, 0.6) is 0 Å². The fraction of sp³-hybridized carbons (Fsp3) is 0.938. The highest BCUT2D eigenvalue weighted by Gasteiger charge is 2.42. The molecule has 0 aromatic rings. The van der Waals surface area contributed by atoms with Gasteiger partial charge in [0.2, 0.25) is 0 Å². The van der Waals surface area contributed by atoms with Crippen molar-refractivity contribution in [2.45, 2.75) is 63.0 Å². The van der Waals surface area contributed by atoms with Crippen LogP contribution in [-0.2, 0) is 14.3 Å². The summed E-state index contributed by atoms with van der Waals surface area (Å²) >= 11 is 0. The maximum atomic E-state index is 12.8. The third-order valence-electron chi connectivity index (χ3n) is 5.47. The molecule has 0 radical (unpaired) electrons. The standard InChI is InChI=1S/C16H27NO3/c17-14-3-1-12(2-4-14)15(18)13-5-8-20-16(11-13)6-9-19-10-7-16/h12-14H,1-11,17H2. The number of Topliss-reactive ketones (excluding diaryl/α,β-unsaturated/α-hetero) is 1. The molecule has 3 fully saturated rings. The molecule has 1 atom stereocenters. The Morgan fingerprint density at radius 2 is 1.65 bits per heavy atom. The average Bonchev–Trinajstić information content (AvgIpc) is 2.48. The molecule has 20 heavy (non-hydrogen) atoms. The van der Waals surface area contributed by atoms with Crippen LogP contribution in [0.3, 0.4) is 0 Å². The van der Waals surface area contributed by atoms with Gasteiger partial charge in [0.1, 0.15) is 5.78 Å². The van der Waals surface area contributed by atoms with Crippen LogP contribution < -0.4 is 5.73 Å². The Labute approximate surface area is 121 Å². The highest BCUT2D eigenvalue weighted by atomic mass is 16.5. The zero-order valence-electron chi connectivity index (χ0n) is 12.3. The van der Waals surface area contributed by atoms with Crippen LogP contribution in [0.4, 0.5) is 0 Å². The van der Waals surface area contributed by atoms with E-state index < -0.39 is 0 Å². The lowest BCUT2D eigenvalue weighted by molar-refractivity contribution is -0.159. The van der Waals surface area contributed by atoms with E-state index in [1.165, 1.54) is 0 Å². The Kier molecular flexibility index (Phi) is 4.43. The quantitative estimate of drug-likeness (QED) is 0.841. The summed E-state index contributed by atoms with van der Waals surface area (Å²) in [5, 5.41) is 0. The molecule has 2 aliphatic heterocycles. The van der Waals surface area contributed by atoms with Gasteiger partial charge in [-0.05, 0) is 51.4 Å². The molecule has 0 amide bonds. The van der Waals surface area contributed by atoms with Gasteiger partial charge in [-0.1, -0.05) is 0 Å². The second-order valence-electron chi connectivity index (χ2n) is 6.85. The zero-order valence-corrected chi connectivity index (χ0v) is 12.3. The van der Waals surface area contributed by atoms with Crippen LogP contribution in [0.25, 0.3) is 0 Å². The van der Waals surface area contributed by atoms with Gasteiger partial charge in [-0.3, -0.25) is 4.79 Å². The minimum Gasteiger partial charge on any atom is -0.381 e. The number of carbonyl (C=O) groups excluding carboxylic acids is 1. The summed E-state index contributed by atoms with van der Waals surface area (Å²) in [6, 6.07) is 0.315. The Morgan fingerprint density at radius 3 is 2.35 bits per heavy atom. The highest BCUT2D eigenvalue weighted by molar-refractivity contribution is 5.83. The molecular weight excluding hydrogens is 254 g/mol. The number of carbonyl (C=O) groups is 1. The Morgan fingerprint density at radius 1 is 0.950 bits per heavy atom. The van der Waals surface area contributed by atoms with Crippen molar-refractivity contribution in [1.82, 2.24) is 0 Å². The summed E-state index contributed by atoms with van der Waals surface area (Å²) in [6.07, 6.45) is 7.73. The molecule has 1 spiro atoms. The van der Waals surface area contributed by atoms with Crippen molar-refractivity contribution in [2.24, 2.45) is 17.6 Å². The normalized spacial score (nSPS) is 37.8. The van der Waals surface area contributed by atoms with Gasteiger partial charge >= 0.3 is 0 Å². The smallest absolute Gasteiger partial charge is 0.139 e. The van der Waals surface area contributed by atoms with Crippen molar-refractivity contribution in [3.05, 3.63) is 0 Å². The maximum absolute atomic E-state index is 12.8. The van der Waals surface area contributed by atoms with E-state index in [-0.39, 0.29) is 17.4 Å². The molecule has 2 saturated heterocycles. The number of ketones is 1.